The number of nitrogens with zero attached hydrogens (tertiary/aromatic N) is 1. The van der Waals surface area contributed by atoms with Crippen molar-refractivity contribution in [2.45, 2.75) is 37.9 Å². The summed E-state index contributed by atoms with van der Waals surface area (Å²) in [6.45, 7) is 2.90. The van der Waals surface area contributed by atoms with Crippen molar-refractivity contribution in [3.8, 4) is 5.75 Å². The van der Waals surface area contributed by atoms with Gasteiger partial charge in [-0.1, -0.05) is 0 Å². The molecule has 3 nitrogen and oxygen atoms in total. The third-order valence-electron chi connectivity index (χ3n) is 4.24. The molecule has 2 bridgehead atoms. The maximum absolute atomic E-state index is 13.4. The Balaban J connectivity index is 1.72. The quantitative estimate of drug-likeness (QED) is 0.905. The van der Waals surface area contributed by atoms with Crippen LogP contribution in [0.2, 0.25) is 0 Å². The lowest BCUT2D eigenvalue weighted by Crippen LogP contribution is -2.35. The molecular weight excluding hydrogens is 243 g/mol. The maximum Gasteiger partial charge on any atom is 0.123 e. The first-order valence-electron chi connectivity index (χ1n) is 7.05. The SMILES string of the molecule is COc1ccc(F)cc1CN1CCC2CCC(C1)N2. The molecule has 2 aliphatic heterocycles. The van der Waals surface area contributed by atoms with Gasteiger partial charge in [0.05, 0.1) is 7.11 Å². The predicted octanol–water partition coefficient (Wildman–Crippen LogP) is 2.16. The third kappa shape index (κ3) is 2.90. The Morgan fingerprint density at radius 1 is 1.32 bits per heavy atom. The summed E-state index contributed by atoms with van der Waals surface area (Å²) in [5.41, 5.74) is 0.945. The van der Waals surface area contributed by atoms with Gasteiger partial charge in [-0.15, -0.1) is 0 Å². The molecule has 1 aromatic carbocycles. The number of methoxy groups -OCH3 is 1. The van der Waals surface area contributed by atoms with E-state index in [1.54, 1.807) is 19.2 Å². The van der Waals surface area contributed by atoms with Crippen LogP contribution in [0.15, 0.2) is 18.2 Å². The van der Waals surface area contributed by atoms with Gasteiger partial charge in [-0.3, -0.25) is 4.90 Å². The Hall–Kier alpha value is -1.13. The van der Waals surface area contributed by atoms with Gasteiger partial charge in [-0.25, -0.2) is 4.39 Å². The van der Waals surface area contributed by atoms with Gasteiger partial charge in [-0.05, 0) is 37.5 Å². The van der Waals surface area contributed by atoms with E-state index in [1.165, 1.54) is 25.3 Å². The van der Waals surface area contributed by atoms with Crippen molar-refractivity contribution in [2.75, 3.05) is 20.2 Å². The molecule has 2 saturated heterocycles. The van der Waals surface area contributed by atoms with Crippen LogP contribution in [0.4, 0.5) is 4.39 Å². The Morgan fingerprint density at radius 2 is 2.16 bits per heavy atom. The average Bonchev–Trinajstić information content (AvgIpc) is 2.73. The van der Waals surface area contributed by atoms with E-state index in [-0.39, 0.29) is 5.82 Å². The summed E-state index contributed by atoms with van der Waals surface area (Å²) in [6.07, 6.45) is 3.76. The number of benzene rings is 1. The van der Waals surface area contributed by atoms with E-state index in [9.17, 15) is 4.39 Å². The number of ether oxygens (including phenoxy) is 1. The fourth-order valence-electron chi connectivity index (χ4n) is 3.27. The van der Waals surface area contributed by atoms with Crippen LogP contribution in [0.1, 0.15) is 24.8 Å². The fraction of sp³-hybridized carbons (Fsp3) is 0.600. The predicted molar refractivity (Wildman–Crippen MR) is 72.8 cm³/mol. The lowest BCUT2D eigenvalue weighted by atomic mass is 10.1. The minimum Gasteiger partial charge on any atom is -0.496 e. The Labute approximate surface area is 113 Å². The number of nitrogens with one attached hydrogen (secondary N) is 1. The molecule has 0 radical (unpaired) electrons. The normalized spacial score (nSPS) is 27.3. The first-order valence-corrected chi connectivity index (χ1v) is 7.05. The number of halogens is 1. The van der Waals surface area contributed by atoms with Crippen molar-refractivity contribution in [1.29, 1.82) is 0 Å². The Morgan fingerprint density at radius 3 is 3.00 bits per heavy atom. The second-order valence-corrected chi connectivity index (χ2v) is 5.62. The van der Waals surface area contributed by atoms with Gasteiger partial charge < -0.3 is 10.1 Å². The monoisotopic (exact) mass is 264 g/mol. The molecule has 0 aromatic heterocycles. The summed E-state index contributed by atoms with van der Waals surface area (Å²) in [5.74, 6) is 0.592. The van der Waals surface area contributed by atoms with Crippen molar-refractivity contribution >= 4 is 0 Å². The minimum absolute atomic E-state index is 0.190. The average molecular weight is 264 g/mol. The number of hydrogen-bond donors (Lipinski definition) is 1. The highest BCUT2D eigenvalue weighted by Gasteiger charge is 2.29. The van der Waals surface area contributed by atoms with E-state index in [0.29, 0.717) is 12.1 Å². The summed E-state index contributed by atoms with van der Waals surface area (Å²) in [5, 5.41) is 3.66. The molecule has 2 aliphatic rings. The molecule has 0 saturated carbocycles. The summed E-state index contributed by atoms with van der Waals surface area (Å²) in [6, 6.07) is 6.05. The van der Waals surface area contributed by atoms with E-state index in [0.717, 1.165) is 30.9 Å². The number of likely N-dealkylation sites (tertiary alicyclic amines) is 1. The zero-order valence-corrected chi connectivity index (χ0v) is 11.4. The van der Waals surface area contributed by atoms with E-state index in [2.05, 4.69) is 10.2 Å². The lowest BCUT2D eigenvalue weighted by Gasteiger charge is -2.24. The summed E-state index contributed by atoms with van der Waals surface area (Å²) < 4.78 is 18.7. The number of fused-ring (bicyclic) bond motifs is 2. The molecule has 4 heteroatoms. The van der Waals surface area contributed by atoms with E-state index < -0.39 is 0 Å². The van der Waals surface area contributed by atoms with E-state index in [4.69, 9.17) is 4.74 Å². The second-order valence-electron chi connectivity index (χ2n) is 5.62. The standard InChI is InChI=1S/C15H21FN2O/c1-19-15-5-2-12(16)8-11(15)9-18-7-6-13-3-4-14(10-18)17-13/h2,5,8,13-14,17H,3-4,6-7,9-10H2,1H3. The molecule has 0 spiro atoms. The highest BCUT2D eigenvalue weighted by Crippen LogP contribution is 2.25. The summed E-state index contributed by atoms with van der Waals surface area (Å²) >= 11 is 0. The van der Waals surface area contributed by atoms with Gasteiger partial charge in [0.15, 0.2) is 0 Å². The summed E-state index contributed by atoms with van der Waals surface area (Å²) in [7, 11) is 1.64. The first kappa shape index (κ1) is 12.9. The van der Waals surface area contributed by atoms with E-state index in [1.807, 2.05) is 0 Å². The van der Waals surface area contributed by atoms with Gasteiger partial charge in [0.25, 0.3) is 0 Å². The summed E-state index contributed by atoms with van der Waals surface area (Å²) in [4.78, 5) is 2.41. The highest BCUT2D eigenvalue weighted by molar-refractivity contribution is 5.33. The largest absolute Gasteiger partial charge is 0.496 e. The molecule has 0 aliphatic carbocycles. The topological polar surface area (TPSA) is 24.5 Å². The lowest BCUT2D eigenvalue weighted by molar-refractivity contribution is 0.247. The van der Waals surface area contributed by atoms with Crippen LogP contribution in [0, 0.1) is 5.82 Å². The first-order chi connectivity index (χ1) is 9.24. The van der Waals surface area contributed by atoms with E-state index >= 15 is 0 Å². The van der Waals surface area contributed by atoms with Crippen molar-refractivity contribution in [3.05, 3.63) is 29.6 Å². The maximum atomic E-state index is 13.4. The number of hydrogen-bond acceptors (Lipinski definition) is 3. The van der Waals surface area contributed by atoms with Crippen LogP contribution in [0.25, 0.3) is 0 Å². The molecule has 2 heterocycles. The molecule has 2 fully saturated rings. The van der Waals surface area contributed by atoms with Crippen LogP contribution >= 0.6 is 0 Å². The molecule has 104 valence electrons. The van der Waals surface area contributed by atoms with Gasteiger partial charge in [0.2, 0.25) is 0 Å². The van der Waals surface area contributed by atoms with Crippen LogP contribution in [0.5, 0.6) is 5.75 Å². The van der Waals surface area contributed by atoms with Crippen molar-refractivity contribution in [1.82, 2.24) is 10.2 Å². The van der Waals surface area contributed by atoms with Crippen LogP contribution in [-0.4, -0.2) is 37.2 Å². The van der Waals surface area contributed by atoms with Gasteiger partial charge in [0, 0.05) is 37.3 Å². The minimum atomic E-state index is -0.190. The highest BCUT2D eigenvalue weighted by atomic mass is 19.1. The molecule has 19 heavy (non-hydrogen) atoms. The molecule has 0 amide bonds. The Kier molecular flexibility index (Phi) is 3.71. The van der Waals surface area contributed by atoms with Crippen molar-refractivity contribution in [3.63, 3.8) is 0 Å². The molecule has 1 N–H and O–H groups in total. The molecule has 2 atom stereocenters. The van der Waals surface area contributed by atoms with Crippen LogP contribution in [0.3, 0.4) is 0 Å². The van der Waals surface area contributed by atoms with Crippen molar-refractivity contribution in [2.24, 2.45) is 0 Å². The van der Waals surface area contributed by atoms with Crippen LogP contribution in [-0.2, 0) is 6.54 Å². The molecule has 3 rings (SSSR count). The zero-order chi connectivity index (χ0) is 13.2. The molecule has 1 aromatic rings. The van der Waals surface area contributed by atoms with Gasteiger partial charge in [-0.2, -0.15) is 0 Å². The zero-order valence-electron chi connectivity index (χ0n) is 11.4. The molecular formula is C15H21FN2O. The van der Waals surface area contributed by atoms with Crippen molar-refractivity contribution < 1.29 is 9.13 Å². The Bertz CT molecular complexity index is 452. The molecule has 2 unspecified atom stereocenters. The smallest absolute Gasteiger partial charge is 0.123 e. The van der Waals surface area contributed by atoms with Crippen LogP contribution < -0.4 is 10.1 Å². The fourth-order valence-corrected chi connectivity index (χ4v) is 3.27. The third-order valence-corrected chi connectivity index (χ3v) is 4.24. The number of rotatable bonds is 3. The van der Waals surface area contributed by atoms with Gasteiger partial charge in [0.1, 0.15) is 11.6 Å². The van der Waals surface area contributed by atoms with Gasteiger partial charge >= 0.3 is 0 Å². The second kappa shape index (κ2) is 5.47.